The lowest BCUT2D eigenvalue weighted by Crippen LogP contribution is -2.12. The number of nitrogens with one attached hydrogen (secondary N) is 1. The summed E-state index contributed by atoms with van der Waals surface area (Å²) in [5, 5.41) is 9.99. The number of rotatable bonds is 10. The van der Waals surface area contributed by atoms with Crippen LogP contribution < -0.4 is 5.32 Å². The zero-order chi connectivity index (χ0) is 19.8. The molecule has 0 saturated carbocycles. The smallest absolute Gasteiger partial charge is 0.322 e. The first-order valence-electron chi connectivity index (χ1n) is 9.30. The van der Waals surface area contributed by atoms with Crippen molar-refractivity contribution >= 4 is 11.9 Å². The fraction of sp³-hybridized carbons (Fsp3) is 0.550. The van der Waals surface area contributed by atoms with Gasteiger partial charge in [0.05, 0.1) is 0 Å². The average Bonchev–Trinajstić information content (AvgIpc) is 3.06. The van der Waals surface area contributed by atoms with Crippen LogP contribution in [-0.4, -0.2) is 16.1 Å². The molecule has 1 amide bonds. The maximum absolute atomic E-state index is 13.2. The predicted molar refractivity (Wildman–Crippen MR) is 105 cm³/mol. The van der Waals surface area contributed by atoms with Gasteiger partial charge in [0, 0.05) is 12.0 Å². The van der Waals surface area contributed by atoms with Crippen molar-refractivity contribution in [2.24, 2.45) is 0 Å². The van der Waals surface area contributed by atoms with E-state index < -0.39 is 11.7 Å². The first-order chi connectivity index (χ1) is 12.5. The summed E-state index contributed by atoms with van der Waals surface area (Å²) >= 11 is 0. The molecule has 1 N–H and O–H groups in total. The van der Waals surface area contributed by atoms with Crippen LogP contribution in [0.15, 0.2) is 40.6 Å². The van der Waals surface area contributed by atoms with Crippen LogP contribution >= 0.6 is 0 Å². The van der Waals surface area contributed by atoms with Crippen LogP contribution in [-0.2, 0) is 11.2 Å². The average molecular weight is 365 g/mol. The second kappa shape index (κ2) is 15.0. The number of hydrogen-bond donors (Lipinski definition) is 1. The summed E-state index contributed by atoms with van der Waals surface area (Å²) in [6.45, 7) is 11.7. The van der Waals surface area contributed by atoms with Crippen molar-refractivity contribution in [3.8, 4) is 0 Å². The summed E-state index contributed by atoms with van der Waals surface area (Å²) in [4.78, 5) is 11.8. The van der Waals surface area contributed by atoms with Crippen molar-refractivity contribution in [2.45, 2.75) is 72.6 Å². The summed E-state index contributed by atoms with van der Waals surface area (Å²) in [6, 6.07) is -0.00326. The van der Waals surface area contributed by atoms with Crippen molar-refractivity contribution < 1.29 is 13.6 Å². The van der Waals surface area contributed by atoms with E-state index in [0.717, 1.165) is 25.3 Å². The zero-order valence-electron chi connectivity index (χ0n) is 16.5. The van der Waals surface area contributed by atoms with Crippen LogP contribution in [0, 0.1) is 0 Å². The number of carbonyl (C=O) groups excluding carboxylic acids is 1. The van der Waals surface area contributed by atoms with E-state index in [0.29, 0.717) is 12.3 Å². The molecule has 1 rings (SSSR count). The number of amides is 1. The second-order valence-corrected chi connectivity index (χ2v) is 5.82. The maximum atomic E-state index is 13.2. The minimum Gasteiger partial charge on any atom is -0.408 e. The number of allylic oxidation sites excluding steroid dienone is 3. The molecule has 1 aromatic rings. The predicted octanol–water partition coefficient (Wildman–Crippen LogP) is 5.92. The minimum atomic E-state index is -0.583. The number of unbranched alkanes of at least 4 members (excludes halogenated alkanes) is 4. The molecule has 1 aromatic heterocycles. The summed E-state index contributed by atoms with van der Waals surface area (Å²) < 4.78 is 18.6. The molecular weight excluding hydrogens is 333 g/mol. The summed E-state index contributed by atoms with van der Waals surface area (Å²) in [5.74, 6) is -0.654. The molecule has 0 aromatic carbocycles. The van der Waals surface area contributed by atoms with Crippen LogP contribution in [0.5, 0.6) is 0 Å². The molecule has 0 bridgehead atoms. The fourth-order valence-corrected chi connectivity index (χ4v) is 1.72. The third-order valence-electron chi connectivity index (χ3n) is 3.36. The van der Waals surface area contributed by atoms with Crippen molar-refractivity contribution in [1.82, 2.24) is 10.2 Å². The molecule has 0 atom stereocenters. The fourth-order valence-electron chi connectivity index (χ4n) is 1.72. The number of aromatic nitrogens is 2. The largest absolute Gasteiger partial charge is 0.408 e. The van der Waals surface area contributed by atoms with Crippen LogP contribution in [0.2, 0.25) is 0 Å². The van der Waals surface area contributed by atoms with E-state index in [1.54, 1.807) is 6.92 Å². The molecule has 0 fully saturated rings. The maximum Gasteiger partial charge on any atom is 0.322 e. The van der Waals surface area contributed by atoms with Gasteiger partial charge >= 0.3 is 6.01 Å². The highest BCUT2D eigenvalue weighted by Gasteiger charge is 2.11. The zero-order valence-corrected chi connectivity index (χ0v) is 16.5. The van der Waals surface area contributed by atoms with Crippen LogP contribution in [0.1, 0.15) is 72.1 Å². The van der Waals surface area contributed by atoms with Gasteiger partial charge in [0.2, 0.25) is 5.89 Å². The summed E-state index contributed by atoms with van der Waals surface area (Å²) in [7, 11) is 0. The Morgan fingerprint density at radius 3 is 2.42 bits per heavy atom. The van der Waals surface area contributed by atoms with Gasteiger partial charge in [0.1, 0.15) is 5.83 Å². The Bertz CT molecular complexity index is 590. The standard InChI is InChI=1S/C16H22FN3O2.C4H10/c1-4-6-7-8-10-14-19-20-16(22-14)18-15(21)12(3)11-13(17)9-5-2;1-3-4-2/h5,9,11H,3-4,6-8,10H2,1-2H3,(H,18,20,21);3-4H2,1-2H3/b9-5-,13-11+;. The van der Waals surface area contributed by atoms with Crippen molar-refractivity contribution in [1.29, 1.82) is 0 Å². The number of anilines is 1. The number of nitrogens with zero attached hydrogens (tertiary/aromatic N) is 2. The van der Waals surface area contributed by atoms with Crippen molar-refractivity contribution in [3.05, 3.63) is 42.1 Å². The van der Waals surface area contributed by atoms with Gasteiger partial charge in [-0.3, -0.25) is 10.1 Å². The lowest BCUT2D eigenvalue weighted by molar-refractivity contribution is -0.112. The molecule has 6 heteroatoms. The molecule has 1 heterocycles. The highest BCUT2D eigenvalue weighted by Crippen LogP contribution is 2.12. The number of aryl methyl sites for hydroxylation is 1. The lowest BCUT2D eigenvalue weighted by atomic mass is 10.2. The Balaban J connectivity index is 0.00000141. The molecule has 0 radical (unpaired) electrons. The van der Waals surface area contributed by atoms with Gasteiger partial charge in [-0.25, -0.2) is 4.39 Å². The SMILES string of the molecule is C=C(/C=C(F)\C=C/C)C(=O)Nc1nnc(CCCCCC)o1.CCCC. The van der Waals surface area contributed by atoms with Gasteiger partial charge in [-0.15, -0.1) is 5.10 Å². The Hall–Kier alpha value is -2.24. The molecule has 0 saturated heterocycles. The minimum absolute atomic E-state index is 0.00326. The monoisotopic (exact) mass is 365 g/mol. The Morgan fingerprint density at radius 1 is 1.15 bits per heavy atom. The van der Waals surface area contributed by atoms with E-state index >= 15 is 0 Å². The molecule has 0 unspecified atom stereocenters. The van der Waals surface area contributed by atoms with Gasteiger partial charge in [0.25, 0.3) is 5.91 Å². The second-order valence-electron chi connectivity index (χ2n) is 5.82. The third kappa shape index (κ3) is 11.3. The van der Waals surface area contributed by atoms with Crippen LogP contribution in [0.3, 0.4) is 0 Å². The first-order valence-corrected chi connectivity index (χ1v) is 9.30. The molecule has 0 aliphatic rings. The molecule has 0 aliphatic heterocycles. The number of halogens is 1. The quantitative estimate of drug-likeness (QED) is 0.317. The summed E-state index contributed by atoms with van der Waals surface area (Å²) in [5.41, 5.74) is -0.0294. The molecule has 5 nitrogen and oxygen atoms in total. The molecule has 0 aliphatic carbocycles. The molecule has 146 valence electrons. The van der Waals surface area contributed by atoms with E-state index in [9.17, 15) is 9.18 Å². The highest BCUT2D eigenvalue weighted by atomic mass is 19.1. The molecular formula is C20H32FN3O2. The van der Waals surface area contributed by atoms with E-state index in [2.05, 4.69) is 42.9 Å². The lowest BCUT2D eigenvalue weighted by Gasteiger charge is -1.99. The number of hydrogen-bond acceptors (Lipinski definition) is 4. The summed E-state index contributed by atoms with van der Waals surface area (Å²) in [6.07, 6.45) is 11.5. The Morgan fingerprint density at radius 2 is 1.85 bits per heavy atom. The van der Waals surface area contributed by atoms with Crippen molar-refractivity contribution in [2.75, 3.05) is 5.32 Å². The number of carbonyl (C=O) groups is 1. The van der Waals surface area contributed by atoms with Gasteiger partial charge < -0.3 is 4.42 Å². The van der Waals surface area contributed by atoms with E-state index in [-0.39, 0.29) is 11.6 Å². The Labute approximate surface area is 156 Å². The Kier molecular flexibility index (Phi) is 13.8. The normalized spacial score (nSPS) is 11.2. The van der Waals surface area contributed by atoms with Gasteiger partial charge in [-0.1, -0.05) is 70.6 Å². The molecule has 26 heavy (non-hydrogen) atoms. The van der Waals surface area contributed by atoms with Gasteiger partial charge in [0.15, 0.2) is 0 Å². The van der Waals surface area contributed by atoms with Crippen molar-refractivity contribution in [3.63, 3.8) is 0 Å². The third-order valence-corrected chi connectivity index (χ3v) is 3.36. The molecule has 0 spiro atoms. The highest BCUT2D eigenvalue weighted by molar-refractivity contribution is 6.04. The van der Waals surface area contributed by atoms with E-state index in [1.165, 1.54) is 31.4 Å². The topological polar surface area (TPSA) is 68.0 Å². The van der Waals surface area contributed by atoms with Gasteiger partial charge in [-0.05, 0) is 25.5 Å². The van der Waals surface area contributed by atoms with Crippen LogP contribution in [0.25, 0.3) is 0 Å². The van der Waals surface area contributed by atoms with Gasteiger partial charge in [-0.2, -0.15) is 0 Å². The van der Waals surface area contributed by atoms with Crippen LogP contribution in [0.4, 0.5) is 10.4 Å². The van der Waals surface area contributed by atoms with E-state index in [4.69, 9.17) is 4.42 Å². The van der Waals surface area contributed by atoms with E-state index in [1.807, 2.05) is 0 Å². The first kappa shape index (κ1) is 23.8.